The average molecular weight is 712 g/mol. The van der Waals surface area contributed by atoms with Crippen molar-refractivity contribution in [2.45, 2.75) is 116 Å². The highest BCUT2D eigenvalue weighted by Gasteiger charge is 2.65. The Hall–Kier alpha value is -3.57. The zero-order valence-corrected chi connectivity index (χ0v) is 32.6. The van der Waals surface area contributed by atoms with E-state index in [1.807, 2.05) is 39.8 Å². The van der Waals surface area contributed by atoms with Gasteiger partial charge in [-0.05, 0) is 105 Å². The van der Waals surface area contributed by atoms with Crippen LogP contribution in [0.15, 0.2) is 81.6 Å². The molecule has 0 spiro atoms. The minimum Gasteiger partial charge on any atom is -0.456 e. The van der Waals surface area contributed by atoms with Gasteiger partial charge in [-0.15, -0.1) is 0 Å². The zero-order valence-electron chi connectivity index (χ0n) is 32.6. The van der Waals surface area contributed by atoms with Gasteiger partial charge in [0.15, 0.2) is 0 Å². The third-order valence-corrected chi connectivity index (χ3v) is 13.0. The van der Waals surface area contributed by atoms with Gasteiger partial charge < -0.3 is 36.8 Å². The number of rotatable bonds is 5. The molecular formula is C42H47B3O8. The highest BCUT2D eigenvalue weighted by molar-refractivity contribution is 7.11. The smallest absolute Gasteiger partial charge is 0.456 e. The van der Waals surface area contributed by atoms with Crippen LogP contribution in [0.1, 0.15) is 81.7 Å². The Morgan fingerprint density at radius 2 is 1.08 bits per heavy atom. The van der Waals surface area contributed by atoms with Crippen LogP contribution in [0.25, 0.3) is 55.0 Å². The number of para-hydroxylation sites is 2. The Kier molecular flexibility index (Phi) is 7.46. The quantitative estimate of drug-likeness (QED) is 0.164. The van der Waals surface area contributed by atoms with Gasteiger partial charge in [0.25, 0.3) is 0 Å². The van der Waals surface area contributed by atoms with E-state index in [1.54, 1.807) is 0 Å². The summed E-state index contributed by atoms with van der Waals surface area (Å²) in [5.74, 6) is 0. The van der Waals surface area contributed by atoms with Crippen LogP contribution >= 0.6 is 0 Å². The highest BCUT2D eigenvalue weighted by atomic mass is 16.7. The van der Waals surface area contributed by atoms with Crippen molar-refractivity contribution in [3.63, 3.8) is 0 Å². The van der Waals surface area contributed by atoms with Gasteiger partial charge in [0.2, 0.25) is 0 Å². The molecule has 3 aliphatic rings. The Labute approximate surface area is 312 Å². The molecule has 9 rings (SSSR count). The predicted octanol–water partition coefficient (Wildman–Crippen LogP) is 9.24. The summed E-state index contributed by atoms with van der Waals surface area (Å²) in [4.78, 5) is 0. The van der Waals surface area contributed by atoms with E-state index in [-0.39, 0.29) is 0 Å². The molecule has 2 aromatic heterocycles. The molecule has 6 aromatic rings. The number of furan rings is 2. The number of fused-ring (bicyclic) bond motifs is 6. The maximum atomic E-state index is 6.79. The molecule has 8 nitrogen and oxygen atoms in total. The third-order valence-electron chi connectivity index (χ3n) is 13.0. The maximum Gasteiger partial charge on any atom is 0.494 e. The average Bonchev–Trinajstić information content (AvgIpc) is 3.82. The van der Waals surface area contributed by atoms with Crippen LogP contribution in [0.2, 0.25) is 0 Å². The minimum atomic E-state index is -0.720. The molecule has 272 valence electrons. The zero-order chi connectivity index (χ0) is 37.5. The van der Waals surface area contributed by atoms with Crippen molar-refractivity contribution in [3.05, 3.63) is 78.4 Å². The number of benzene rings is 4. The molecule has 3 saturated heterocycles. The minimum absolute atomic E-state index is 0.433. The summed E-state index contributed by atoms with van der Waals surface area (Å²) in [6.07, 6.45) is 0.545. The lowest BCUT2D eigenvalue weighted by molar-refractivity contribution is -0.00866. The van der Waals surface area contributed by atoms with Gasteiger partial charge >= 0.3 is 21.1 Å². The summed E-state index contributed by atoms with van der Waals surface area (Å²) in [5, 5.41) is 4.16. The molecule has 3 aliphatic heterocycles. The molecule has 5 heterocycles. The fourth-order valence-electron chi connectivity index (χ4n) is 7.96. The first-order valence-corrected chi connectivity index (χ1v) is 18.8. The largest absolute Gasteiger partial charge is 0.494 e. The lowest BCUT2D eigenvalue weighted by Gasteiger charge is -2.36. The van der Waals surface area contributed by atoms with E-state index in [9.17, 15) is 0 Å². The van der Waals surface area contributed by atoms with E-state index in [1.165, 1.54) is 0 Å². The molecule has 0 radical (unpaired) electrons. The molecule has 0 bridgehead atoms. The van der Waals surface area contributed by atoms with Crippen LogP contribution in [-0.4, -0.2) is 54.7 Å². The molecule has 0 saturated carbocycles. The SMILES string of the molecule is CC1(C)OB(B2OC(C)(C)C(C)(Cc3ccc(-c4cccc5c4oc4cc(B6OC(C)(C)C(C)(C)O6)ccc45)c4c3oc3ccccc34)O2)OC1(C)C. The van der Waals surface area contributed by atoms with Gasteiger partial charge in [-0.1, -0.05) is 60.7 Å². The summed E-state index contributed by atoms with van der Waals surface area (Å²) in [7, 11) is -1.81. The Balaban J connectivity index is 1.12. The predicted molar refractivity (Wildman–Crippen MR) is 212 cm³/mol. The lowest BCUT2D eigenvalue weighted by atomic mass is 9.49. The fraction of sp³-hybridized carbons (Fsp3) is 0.429. The molecule has 0 aliphatic carbocycles. The van der Waals surface area contributed by atoms with Crippen LogP contribution < -0.4 is 5.46 Å². The van der Waals surface area contributed by atoms with Crippen LogP contribution in [0, 0.1) is 0 Å². The van der Waals surface area contributed by atoms with Gasteiger partial charge in [-0.25, -0.2) is 0 Å². The first kappa shape index (κ1) is 35.2. The van der Waals surface area contributed by atoms with E-state index >= 15 is 0 Å². The molecule has 53 heavy (non-hydrogen) atoms. The molecule has 1 unspecified atom stereocenters. The van der Waals surface area contributed by atoms with E-state index in [4.69, 9.17) is 36.8 Å². The van der Waals surface area contributed by atoms with Gasteiger partial charge in [-0.3, -0.25) is 0 Å². The van der Waals surface area contributed by atoms with Gasteiger partial charge in [0.05, 0.1) is 33.6 Å². The van der Waals surface area contributed by atoms with Crippen molar-refractivity contribution in [2.24, 2.45) is 0 Å². The Morgan fingerprint density at radius 1 is 0.472 bits per heavy atom. The molecule has 3 fully saturated rings. The molecule has 11 heteroatoms. The van der Waals surface area contributed by atoms with E-state index < -0.39 is 54.7 Å². The normalized spacial score (nSPS) is 24.5. The van der Waals surface area contributed by atoms with Crippen molar-refractivity contribution in [2.75, 3.05) is 0 Å². The summed E-state index contributed by atoms with van der Waals surface area (Å²) in [6, 6.07) is 25.2. The van der Waals surface area contributed by atoms with Crippen molar-refractivity contribution in [1.29, 1.82) is 0 Å². The highest BCUT2D eigenvalue weighted by Crippen LogP contribution is 2.48. The first-order chi connectivity index (χ1) is 24.8. The van der Waals surface area contributed by atoms with Crippen molar-refractivity contribution >= 4 is 70.5 Å². The summed E-state index contributed by atoms with van der Waals surface area (Å²) in [6.45, 7) is 22.7. The molecular weight excluding hydrogens is 665 g/mol. The topological polar surface area (TPSA) is 81.7 Å². The second-order valence-electron chi connectivity index (χ2n) is 17.8. The maximum absolute atomic E-state index is 6.79. The molecule has 0 amide bonds. The monoisotopic (exact) mass is 712 g/mol. The van der Waals surface area contributed by atoms with Gasteiger partial charge in [0.1, 0.15) is 22.3 Å². The van der Waals surface area contributed by atoms with Gasteiger partial charge in [-0.2, -0.15) is 0 Å². The van der Waals surface area contributed by atoms with Crippen LogP contribution in [0.4, 0.5) is 0 Å². The van der Waals surface area contributed by atoms with Crippen molar-refractivity contribution in [1.82, 2.24) is 0 Å². The third kappa shape index (κ3) is 5.22. The Bertz CT molecular complexity index is 2410. The second-order valence-corrected chi connectivity index (χ2v) is 17.8. The van der Waals surface area contributed by atoms with Crippen LogP contribution in [0.3, 0.4) is 0 Å². The Morgan fingerprint density at radius 3 is 1.79 bits per heavy atom. The van der Waals surface area contributed by atoms with Crippen molar-refractivity contribution < 1.29 is 36.8 Å². The number of hydrogen-bond acceptors (Lipinski definition) is 8. The first-order valence-electron chi connectivity index (χ1n) is 18.8. The van der Waals surface area contributed by atoms with E-state index in [0.29, 0.717) is 6.42 Å². The fourth-order valence-corrected chi connectivity index (χ4v) is 7.96. The second kappa shape index (κ2) is 11.2. The molecule has 0 N–H and O–H groups in total. The summed E-state index contributed by atoms with van der Waals surface area (Å²) in [5.41, 5.74) is 3.99. The van der Waals surface area contributed by atoms with Crippen LogP contribution in [0.5, 0.6) is 0 Å². The van der Waals surface area contributed by atoms with Crippen molar-refractivity contribution in [3.8, 4) is 11.1 Å². The standard InChI is InChI=1S/C42H47B3O8/c1-37(2)38(3,4)49-43(48-37)26-20-22-27-29-16-14-17-30(36(29)47-33(27)23-26)28-21-19-25(35-34(28)31-15-12-13-18-32(31)46-35)24-42(11)41(9,10)52-45(53-42)44-50-39(5,6)40(7,8)51-44/h12-23H,24H2,1-11H3. The van der Waals surface area contributed by atoms with E-state index in [0.717, 1.165) is 66.0 Å². The van der Waals surface area contributed by atoms with Crippen LogP contribution in [-0.2, 0) is 34.3 Å². The van der Waals surface area contributed by atoms with Gasteiger partial charge in [0, 0.05) is 33.5 Å². The van der Waals surface area contributed by atoms with E-state index in [2.05, 4.69) is 109 Å². The lowest BCUT2D eigenvalue weighted by Crippen LogP contribution is -2.46. The number of hydrogen-bond donors (Lipinski definition) is 0. The molecule has 4 aromatic carbocycles. The molecule has 1 atom stereocenters. The summed E-state index contributed by atoms with van der Waals surface area (Å²) < 4.78 is 52.3. The summed E-state index contributed by atoms with van der Waals surface area (Å²) >= 11 is 0.